The number of nitrogens with two attached hydrogens (primary N) is 1. The Kier molecular flexibility index (Phi) is 2.50. The number of aromatic hydroxyl groups is 2. The van der Waals surface area contributed by atoms with Gasteiger partial charge in [0, 0.05) is 11.1 Å². The van der Waals surface area contributed by atoms with Crippen molar-refractivity contribution in [2.24, 2.45) is 5.73 Å². The van der Waals surface area contributed by atoms with Crippen molar-refractivity contribution in [2.45, 2.75) is 31.0 Å². The van der Waals surface area contributed by atoms with Crippen molar-refractivity contribution in [3.05, 3.63) is 23.3 Å². The van der Waals surface area contributed by atoms with Crippen LogP contribution in [0.25, 0.3) is 0 Å². The molecule has 94 valence electrons. The monoisotopic (exact) mass is 247 g/mol. The zero-order valence-corrected chi connectivity index (χ0v) is 8.88. The van der Waals surface area contributed by atoms with E-state index in [4.69, 9.17) is 5.73 Å². The molecule has 0 unspecified atom stereocenters. The Morgan fingerprint density at radius 3 is 2.18 bits per heavy atom. The van der Waals surface area contributed by atoms with Gasteiger partial charge in [0.05, 0.1) is 0 Å². The number of hydrogen-bond acceptors (Lipinski definition) is 3. The maximum atomic E-state index is 12.6. The standard InChI is InChI=1S/C11H12F3NO2/c12-11(13,14)8-5-6(16)4-7(9(8)17)10(15)2-1-3-10/h4-5,16-17H,1-3,15H2. The summed E-state index contributed by atoms with van der Waals surface area (Å²) < 4.78 is 37.8. The fourth-order valence-electron chi connectivity index (χ4n) is 2.04. The molecule has 0 spiro atoms. The fraction of sp³-hybridized carbons (Fsp3) is 0.455. The van der Waals surface area contributed by atoms with Crippen LogP contribution in [0.2, 0.25) is 0 Å². The van der Waals surface area contributed by atoms with Gasteiger partial charge in [-0.1, -0.05) is 0 Å². The summed E-state index contributed by atoms with van der Waals surface area (Å²) in [6.07, 6.45) is -2.91. The maximum Gasteiger partial charge on any atom is 0.420 e. The third kappa shape index (κ3) is 1.93. The predicted octanol–water partition coefficient (Wildman–Crippen LogP) is 2.45. The van der Waals surface area contributed by atoms with Crippen LogP contribution in [-0.4, -0.2) is 10.2 Å². The van der Waals surface area contributed by atoms with Crippen molar-refractivity contribution in [1.82, 2.24) is 0 Å². The minimum absolute atomic E-state index is 0.0314. The molecule has 0 aromatic heterocycles. The minimum atomic E-state index is -4.71. The lowest BCUT2D eigenvalue weighted by molar-refractivity contribution is -0.139. The number of benzene rings is 1. The first-order chi connectivity index (χ1) is 7.74. The summed E-state index contributed by atoms with van der Waals surface area (Å²) in [6.45, 7) is 0. The highest BCUT2D eigenvalue weighted by molar-refractivity contribution is 5.51. The van der Waals surface area contributed by atoms with E-state index in [1.807, 2.05) is 0 Å². The second kappa shape index (κ2) is 3.53. The van der Waals surface area contributed by atoms with E-state index in [1.165, 1.54) is 0 Å². The van der Waals surface area contributed by atoms with Crippen LogP contribution in [0.15, 0.2) is 12.1 Å². The molecule has 0 saturated heterocycles. The Balaban J connectivity index is 2.58. The van der Waals surface area contributed by atoms with Crippen molar-refractivity contribution in [2.75, 3.05) is 0 Å². The van der Waals surface area contributed by atoms with Crippen LogP contribution in [0.5, 0.6) is 11.5 Å². The number of phenols is 2. The van der Waals surface area contributed by atoms with Gasteiger partial charge in [-0.25, -0.2) is 0 Å². The molecule has 4 N–H and O–H groups in total. The second-order valence-electron chi connectivity index (χ2n) is 4.40. The van der Waals surface area contributed by atoms with Gasteiger partial charge in [-0.15, -0.1) is 0 Å². The van der Waals surface area contributed by atoms with Gasteiger partial charge in [-0.05, 0) is 31.4 Å². The molecule has 0 bridgehead atoms. The summed E-state index contributed by atoms with van der Waals surface area (Å²) >= 11 is 0. The van der Waals surface area contributed by atoms with E-state index in [0.29, 0.717) is 18.9 Å². The lowest BCUT2D eigenvalue weighted by Crippen LogP contribution is -2.43. The van der Waals surface area contributed by atoms with E-state index in [0.717, 1.165) is 12.5 Å². The number of hydrogen-bond donors (Lipinski definition) is 3. The Hall–Kier alpha value is -1.43. The van der Waals surface area contributed by atoms with Crippen LogP contribution in [0, 0.1) is 0 Å². The summed E-state index contributed by atoms with van der Waals surface area (Å²) in [5.41, 5.74) is 3.63. The van der Waals surface area contributed by atoms with Gasteiger partial charge in [0.15, 0.2) is 0 Å². The van der Waals surface area contributed by atoms with E-state index in [1.54, 1.807) is 0 Å². The summed E-state index contributed by atoms with van der Waals surface area (Å²) in [7, 11) is 0. The zero-order valence-electron chi connectivity index (χ0n) is 8.88. The molecule has 1 aliphatic carbocycles. The molecule has 0 amide bonds. The summed E-state index contributed by atoms with van der Waals surface area (Å²) in [4.78, 5) is 0. The molecule has 6 heteroatoms. The molecule has 1 aliphatic rings. The van der Waals surface area contributed by atoms with E-state index in [-0.39, 0.29) is 5.56 Å². The largest absolute Gasteiger partial charge is 0.508 e. The number of rotatable bonds is 1. The van der Waals surface area contributed by atoms with Crippen LogP contribution < -0.4 is 5.73 Å². The average Bonchev–Trinajstić information content (AvgIpc) is 2.16. The van der Waals surface area contributed by atoms with Crippen molar-refractivity contribution >= 4 is 0 Å². The Labute approximate surface area is 95.7 Å². The van der Waals surface area contributed by atoms with E-state index in [2.05, 4.69) is 0 Å². The fourth-order valence-corrected chi connectivity index (χ4v) is 2.04. The molecule has 3 nitrogen and oxygen atoms in total. The van der Waals surface area contributed by atoms with Gasteiger partial charge in [0.1, 0.15) is 17.1 Å². The molecular weight excluding hydrogens is 235 g/mol. The van der Waals surface area contributed by atoms with Crippen molar-refractivity contribution in [3.63, 3.8) is 0 Å². The highest BCUT2D eigenvalue weighted by Gasteiger charge is 2.42. The van der Waals surface area contributed by atoms with Gasteiger partial charge in [-0.2, -0.15) is 13.2 Å². The van der Waals surface area contributed by atoms with Gasteiger partial charge >= 0.3 is 6.18 Å². The van der Waals surface area contributed by atoms with Crippen molar-refractivity contribution in [1.29, 1.82) is 0 Å². The van der Waals surface area contributed by atoms with Gasteiger partial charge in [0.2, 0.25) is 0 Å². The van der Waals surface area contributed by atoms with Crippen molar-refractivity contribution in [3.8, 4) is 11.5 Å². The van der Waals surface area contributed by atoms with Crippen LogP contribution in [0.3, 0.4) is 0 Å². The van der Waals surface area contributed by atoms with Gasteiger partial charge in [0.25, 0.3) is 0 Å². The molecule has 0 aliphatic heterocycles. The highest BCUT2D eigenvalue weighted by Crippen LogP contribution is 2.48. The van der Waals surface area contributed by atoms with E-state index >= 15 is 0 Å². The van der Waals surface area contributed by atoms with Crippen LogP contribution in [-0.2, 0) is 11.7 Å². The molecule has 17 heavy (non-hydrogen) atoms. The Bertz CT molecular complexity index is 453. The van der Waals surface area contributed by atoms with Crippen LogP contribution in [0.4, 0.5) is 13.2 Å². The molecular formula is C11H12F3NO2. The highest BCUT2D eigenvalue weighted by atomic mass is 19.4. The SMILES string of the molecule is NC1(c2cc(O)cc(C(F)(F)F)c2O)CCC1. The quantitative estimate of drug-likeness (QED) is 0.668. The molecule has 0 radical (unpaired) electrons. The number of phenolic OH excluding ortho intramolecular Hbond substituents is 2. The molecule has 1 aromatic carbocycles. The molecule has 0 atom stereocenters. The van der Waals surface area contributed by atoms with Gasteiger partial charge in [-0.3, -0.25) is 0 Å². The zero-order chi connectivity index (χ0) is 12.8. The molecule has 1 saturated carbocycles. The topological polar surface area (TPSA) is 66.5 Å². The Morgan fingerprint density at radius 1 is 1.18 bits per heavy atom. The minimum Gasteiger partial charge on any atom is -0.508 e. The lowest BCUT2D eigenvalue weighted by atomic mass is 9.72. The first-order valence-corrected chi connectivity index (χ1v) is 5.16. The average molecular weight is 247 g/mol. The second-order valence-corrected chi connectivity index (χ2v) is 4.40. The molecule has 1 fully saturated rings. The first kappa shape index (κ1) is 12.0. The molecule has 1 aromatic rings. The van der Waals surface area contributed by atoms with Crippen LogP contribution >= 0.6 is 0 Å². The Morgan fingerprint density at radius 2 is 1.76 bits per heavy atom. The smallest absolute Gasteiger partial charge is 0.420 e. The predicted molar refractivity (Wildman–Crippen MR) is 54.5 cm³/mol. The van der Waals surface area contributed by atoms with E-state index < -0.39 is 28.8 Å². The summed E-state index contributed by atoms with van der Waals surface area (Å²) in [5, 5.41) is 18.9. The molecule has 2 rings (SSSR count). The molecule has 0 heterocycles. The first-order valence-electron chi connectivity index (χ1n) is 5.16. The van der Waals surface area contributed by atoms with Gasteiger partial charge < -0.3 is 15.9 Å². The maximum absolute atomic E-state index is 12.6. The third-order valence-electron chi connectivity index (χ3n) is 3.18. The number of alkyl halides is 3. The van der Waals surface area contributed by atoms with Crippen molar-refractivity contribution < 1.29 is 23.4 Å². The third-order valence-corrected chi connectivity index (χ3v) is 3.18. The number of halogens is 3. The van der Waals surface area contributed by atoms with E-state index in [9.17, 15) is 23.4 Å². The summed E-state index contributed by atoms with van der Waals surface area (Å²) in [6, 6.07) is 1.60. The summed E-state index contributed by atoms with van der Waals surface area (Å²) in [5.74, 6) is -1.42. The lowest BCUT2D eigenvalue weighted by Gasteiger charge is -2.39. The van der Waals surface area contributed by atoms with Crippen LogP contribution in [0.1, 0.15) is 30.4 Å². The normalized spacial score (nSPS) is 18.8.